The number of aromatic nitrogens is 3. The van der Waals surface area contributed by atoms with Gasteiger partial charge in [-0.2, -0.15) is 0 Å². The van der Waals surface area contributed by atoms with Crippen LogP contribution in [0.4, 0.5) is 5.69 Å². The number of hydrogen-bond donors (Lipinski definition) is 2. The van der Waals surface area contributed by atoms with Gasteiger partial charge in [0.25, 0.3) is 5.56 Å². The maximum Gasteiger partial charge on any atom is 0.250 e. The summed E-state index contributed by atoms with van der Waals surface area (Å²) in [5, 5.41) is 3.25. The normalized spacial score (nSPS) is 10.6. The second-order valence-electron chi connectivity index (χ2n) is 4.29. The van der Waals surface area contributed by atoms with E-state index >= 15 is 0 Å². The highest BCUT2D eigenvalue weighted by Crippen LogP contribution is 2.06. The van der Waals surface area contributed by atoms with Crippen molar-refractivity contribution in [2.75, 3.05) is 19.0 Å². The van der Waals surface area contributed by atoms with Gasteiger partial charge >= 0.3 is 0 Å². The van der Waals surface area contributed by atoms with Crippen LogP contribution in [-0.2, 0) is 17.8 Å². The van der Waals surface area contributed by atoms with Crippen LogP contribution in [0.25, 0.3) is 0 Å². The van der Waals surface area contributed by atoms with Gasteiger partial charge in [-0.05, 0) is 13.0 Å². The van der Waals surface area contributed by atoms with Crippen molar-refractivity contribution in [3.05, 3.63) is 46.4 Å². The van der Waals surface area contributed by atoms with Crippen LogP contribution in [0.5, 0.6) is 0 Å². The summed E-state index contributed by atoms with van der Waals surface area (Å²) in [7, 11) is 1.62. The molecule has 102 valence electrons. The van der Waals surface area contributed by atoms with Gasteiger partial charge in [-0.3, -0.25) is 4.79 Å². The molecule has 0 aromatic carbocycles. The van der Waals surface area contributed by atoms with E-state index in [2.05, 4.69) is 15.3 Å². The molecule has 0 saturated carbocycles. The molecule has 0 radical (unpaired) electrons. The van der Waals surface area contributed by atoms with E-state index in [1.54, 1.807) is 36.2 Å². The molecular formula is C13H18N4O2. The van der Waals surface area contributed by atoms with Gasteiger partial charge in [-0.15, -0.1) is 0 Å². The van der Waals surface area contributed by atoms with Gasteiger partial charge in [-0.1, -0.05) is 0 Å². The fraction of sp³-hybridized carbons (Fsp3) is 0.385. The topological polar surface area (TPSA) is 71.9 Å². The fourth-order valence-corrected chi connectivity index (χ4v) is 1.76. The van der Waals surface area contributed by atoms with Gasteiger partial charge in [0.2, 0.25) is 0 Å². The summed E-state index contributed by atoms with van der Waals surface area (Å²) >= 11 is 0. The largest absolute Gasteiger partial charge is 0.383 e. The van der Waals surface area contributed by atoms with E-state index < -0.39 is 0 Å². The third-order valence-electron chi connectivity index (χ3n) is 2.76. The van der Waals surface area contributed by atoms with Crippen molar-refractivity contribution in [3.8, 4) is 0 Å². The number of H-pyrrole nitrogens is 1. The summed E-state index contributed by atoms with van der Waals surface area (Å²) in [6.45, 7) is 3.62. The summed E-state index contributed by atoms with van der Waals surface area (Å²) in [5.41, 5.74) is 1.87. The van der Waals surface area contributed by atoms with Crippen molar-refractivity contribution >= 4 is 5.69 Å². The number of anilines is 1. The first kappa shape index (κ1) is 13.4. The SMILES string of the molecule is COCCn1cc(NCc2cnc(C)[nH]2)ccc1=O. The van der Waals surface area contributed by atoms with E-state index in [0.717, 1.165) is 17.2 Å². The molecule has 0 spiro atoms. The molecule has 0 aliphatic carbocycles. The smallest absolute Gasteiger partial charge is 0.250 e. The van der Waals surface area contributed by atoms with Crippen molar-refractivity contribution in [3.63, 3.8) is 0 Å². The molecule has 0 bridgehead atoms. The fourth-order valence-electron chi connectivity index (χ4n) is 1.76. The van der Waals surface area contributed by atoms with Crippen LogP contribution >= 0.6 is 0 Å². The lowest BCUT2D eigenvalue weighted by Gasteiger charge is -2.09. The minimum atomic E-state index is -0.0278. The zero-order valence-electron chi connectivity index (χ0n) is 11.1. The Kier molecular flexibility index (Phi) is 4.35. The molecule has 6 nitrogen and oxygen atoms in total. The number of aromatic amines is 1. The van der Waals surface area contributed by atoms with Crippen LogP contribution in [0.2, 0.25) is 0 Å². The van der Waals surface area contributed by atoms with E-state index in [4.69, 9.17) is 4.74 Å². The monoisotopic (exact) mass is 262 g/mol. The summed E-state index contributed by atoms with van der Waals surface area (Å²) < 4.78 is 6.61. The second-order valence-corrected chi connectivity index (χ2v) is 4.29. The van der Waals surface area contributed by atoms with Gasteiger partial charge in [-0.25, -0.2) is 4.98 Å². The van der Waals surface area contributed by atoms with Gasteiger partial charge in [0.1, 0.15) is 5.82 Å². The van der Waals surface area contributed by atoms with Crippen LogP contribution in [0, 0.1) is 6.92 Å². The minimum absolute atomic E-state index is 0.0278. The van der Waals surface area contributed by atoms with Crippen LogP contribution in [0.1, 0.15) is 11.5 Å². The average Bonchev–Trinajstić information content (AvgIpc) is 2.82. The Bertz CT molecular complexity index is 588. The Hall–Kier alpha value is -2.08. The summed E-state index contributed by atoms with van der Waals surface area (Å²) in [4.78, 5) is 18.9. The number of nitrogens with one attached hydrogen (secondary N) is 2. The average molecular weight is 262 g/mol. The van der Waals surface area contributed by atoms with Crippen molar-refractivity contribution in [2.45, 2.75) is 20.0 Å². The highest BCUT2D eigenvalue weighted by molar-refractivity contribution is 5.40. The number of ether oxygens (including phenoxy) is 1. The van der Waals surface area contributed by atoms with Crippen molar-refractivity contribution in [1.29, 1.82) is 0 Å². The quantitative estimate of drug-likeness (QED) is 0.819. The first-order valence-corrected chi connectivity index (χ1v) is 6.13. The van der Waals surface area contributed by atoms with Gasteiger partial charge in [0.05, 0.1) is 30.7 Å². The molecule has 0 saturated heterocycles. The van der Waals surface area contributed by atoms with Gasteiger partial charge in [0.15, 0.2) is 0 Å². The van der Waals surface area contributed by atoms with Gasteiger partial charge in [0, 0.05) is 25.9 Å². The zero-order chi connectivity index (χ0) is 13.7. The molecule has 6 heteroatoms. The molecule has 0 atom stereocenters. The number of rotatable bonds is 6. The zero-order valence-corrected chi connectivity index (χ0v) is 11.1. The Balaban J connectivity index is 2.02. The number of hydrogen-bond acceptors (Lipinski definition) is 4. The van der Waals surface area contributed by atoms with E-state index in [9.17, 15) is 4.79 Å². The molecule has 0 fully saturated rings. The highest BCUT2D eigenvalue weighted by atomic mass is 16.5. The molecule has 0 aliphatic heterocycles. The lowest BCUT2D eigenvalue weighted by atomic mass is 10.3. The van der Waals surface area contributed by atoms with E-state index in [1.807, 2.05) is 6.92 Å². The molecule has 2 rings (SSSR count). The number of nitrogens with zero attached hydrogens (tertiary/aromatic N) is 2. The predicted molar refractivity (Wildman–Crippen MR) is 73.2 cm³/mol. The molecular weight excluding hydrogens is 244 g/mol. The molecule has 2 aromatic rings. The molecule has 19 heavy (non-hydrogen) atoms. The molecule has 2 N–H and O–H groups in total. The van der Waals surface area contributed by atoms with Crippen LogP contribution < -0.4 is 10.9 Å². The lowest BCUT2D eigenvalue weighted by molar-refractivity contribution is 0.186. The predicted octanol–water partition coefficient (Wildman–Crippen LogP) is 1.14. The first-order chi connectivity index (χ1) is 9.19. The van der Waals surface area contributed by atoms with Crippen LogP contribution in [0.3, 0.4) is 0 Å². The maximum atomic E-state index is 11.6. The van der Waals surface area contributed by atoms with E-state index in [0.29, 0.717) is 19.7 Å². The van der Waals surface area contributed by atoms with Crippen molar-refractivity contribution in [2.24, 2.45) is 0 Å². The van der Waals surface area contributed by atoms with E-state index in [-0.39, 0.29) is 5.56 Å². The number of pyridine rings is 1. The standard InChI is InChI=1S/C13H18N4O2/c1-10-14-7-12(16-10)8-15-11-3-4-13(18)17(9-11)5-6-19-2/h3-4,7,9,15H,5-6,8H2,1-2H3,(H,14,16). The molecule has 0 amide bonds. The lowest BCUT2D eigenvalue weighted by Crippen LogP contribution is -2.21. The highest BCUT2D eigenvalue weighted by Gasteiger charge is 2.00. The maximum absolute atomic E-state index is 11.6. The van der Waals surface area contributed by atoms with Crippen molar-refractivity contribution < 1.29 is 4.74 Å². The third-order valence-corrected chi connectivity index (χ3v) is 2.76. The molecule has 2 aromatic heterocycles. The molecule has 0 unspecified atom stereocenters. The van der Waals surface area contributed by atoms with Crippen LogP contribution in [-0.4, -0.2) is 28.3 Å². The molecule has 2 heterocycles. The number of aryl methyl sites for hydroxylation is 1. The Labute approximate surface area is 111 Å². The van der Waals surface area contributed by atoms with Crippen molar-refractivity contribution in [1.82, 2.24) is 14.5 Å². The number of imidazole rings is 1. The van der Waals surface area contributed by atoms with Gasteiger partial charge < -0.3 is 19.6 Å². The first-order valence-electron chi connectivity index (χ1n) is 6.13. The Morgan fingerprint density at radius 2 is 2.32 bits per heavy atom. The summed E-state index contributed by atoms with van der Waals surface area (Å²) in [6.07, 6.45) is 3.59. The third kappa shape index (κ3) is 3.69. The minimum Gasteiger partial charge on any atom is -0.383 e. The summed E-state index contributed by atoms with van der Waals surface area (Å²) in [6, 6.07) is 3.32. The Morgan fingerprint density at radius 3 is 3.00 bits per heavy atom. The van der Waals surface area contributed by atoms with E-state index in [1.165, 1.54) is 0 Å². The molecule has 0 aliphatic rings. The second kappa shape index (κ2) is 6.19. The summed E-state index contributed by atoms with van der Waals surface area (Å²) in [5.74, 6) is 0.891. The van der Waals surface area contributed by atoms with Crippen LogP contribution in [0.15, 0.2) is 29.3 Å². The Morgan fingerprint density at radius 1 is 1.47 bits per heavy atom. The number of methoxy groups -OCH3 is 1.